The first-order valence-corrected chi connectivity index (χ1v) is 10.9. The summed E-state index contributed by atoms with van der Waals surface area (Å²) in [6.07, 6.45) is 5.76. The normalized spacial score (nSPS) is 20.7. The predicted molar refractivity (Wildman–Crippen MR) is 118 cm³/mol. The van der Waals surface area contributed by atoms with Gasteiger partial charge in [-0.25, -0.2) is 4.98 Å². The summed E-state index contributed by atoms with van der Waals surface area (Å²) in [6.45, 7) is 2.12. The van der Waals surface area contributed by atoms with E-state index in [1.807, 2.05) is 18.3 Å². The molecule has 2 N–H and O–H groups in total. The van der Waals surface area contributed by atoms with Crippen molar-refractivity contribution >= 4 is 23.4 Å². The highest BCUT2D eigenvalue weighted by Gasteiger charge is 2.52. The van der Waals surface area contributed by atoms with Gasteiger partial charge in [0.2, 0.25) is 5.91 Å². The first-order valence-electron chi connectivity index (χ1n) is 10.5. The average Bonchev–Trinajstić information content (AvgIpc) is 3.41. The highest BCUT2D eigenvalue weighted by molar-refractivity contribution is 6.30. The number of hydrogen-bond acceptors (Lipinski definition) is 3. The van der Waals surface area contributed by atoms with E-state index in [9.17, 15) is 9.59 Å². The number of halogens is 1. The summed E-state index contributed by atoms with van der Waals surface area (Å²) in [4.78, 5) is 30.5. The minimum atomic E-state index is -0.868. The van der Waals surface area contributed by atoms with Gasteiger partial charge in [-0.15, -0.1) is 0 Å². The standard InChI is InChI=1S/C24H23ClN4O2/c1-15-14-17-4-2-3-5-19(17)29-13-12-26-21(29)20(15)27-23(31)24(10-11-24)28-22(30)16-6-8-18(25)9-7-16/h2-9,12-13,15,20H,10-11,14H2,1H3,(H,27,31)(H,28,30). The number of amides is 2. The first-order chi connectivity index (χ1) is 15.0. The van der Waals surface area contributed by atoms with Crippen LogP contribution >= 0.6 is 11.6 Å². The molecule has 1 aliphatic heterocycles. The van der Waals surface area contributed by atoms with Gasteiger partial charge in [0.15, 0.2) is 0 Å². The molecule has 3 aromatic rings. The molecule has 31 heavy (non-hydrogen) atoms. The van der Waals surface area contributed by atoms with Crippen LogP contribution in [0, 0.1) is 5.92 Å². The van der Waals surface area contributed by atoms with Crippen molar-refractivity contribution in [3.05, 3.63) is 82.9 Å². The Labute approximate surface area is 185 Å². The van der Waals surface area contributed by atoms with Crippen molar-refractivity contribution in [3.8, 4) is 5.69 Å². The number of imidazole rings is 1. The summed E-state index contributed by atoms with van der Waals surface area (Å²) < 4.78 is 2.05. The molecule has 0 bridgehead atoms. The molecular formula is C24H23ClN4O2. The van der Waals surface area contributed by atoms with E-state index in [0.717, 1.165) is 17.9 Å². The van der Waals surface area contributed by atoms with Gasteiger partial charge in [-0.3, -0.25) is 9.59 Å². The van der Waals surface area contributed by atoms with Crippen molar-refractivity contribution in [2.45, 2.75) is 37.8 Å². The van der Waals surface area contributed by atoms with Crippen LogP contribution in [0.2, 0.25) is 5.02 Å². The fraction of sp³-hybridized carbons (Fsp3) is 0.292. The second-order valence-electron chi connectivity index (χ2n) is 8.46. The summed E-state index contributed by atoms with van der Waals surface area (Å²) >= 11 is 5.91. The summed E-state index contributed by atoms with van der Waals surface area (Å²) in [7, 11) is 0. The number of rotatable bonds is 4. The van der Waals surface area contributed by atoms with E-state index in [1.165, 1.54) is 5.56 Å². The zero-order valence-corrected chi connectivity index (χ0v) is 17.9. The van der Waals surface area contributed by atoms with Crippen molar-refractivity contribution in [2.24, 2.45) is 5.92 Å². The van der Waals surface area contributed by atoms with E-state index in [-0.39, 0.29) is 23.8 Å². The third-order valence-corrected chi connectivity index (χ3v) is 6.49. The molecule has 2 unspecified atom stereocenters. The molecule has 1 fully saturated rings. The number of hydrogen-bond donors (Lipinski definition) is 2. The summed E-state index contributed by atoms with van der Waals surface area (Å²) in [5.74, 6) is 0.529. The van der Waals surface area contributed by atoms with Crippen LogP contribution in [0.5, 0.6) is 0 Å². The minimum absolute atomic E-state index is 0.150. The van der Waals surface area contributed by atoms with Crippen LogP contribution in [0.3, 0.4) is 0 Å². The van der Waals surface area contributed by atoms with Gasteiger partial charge in [0.1, 0.15) is 11.4 Å². The molecule has 1 aliphatic carbocycles. The molecular weight excluding hydrogens is 412 g/mol. The summed E-state index contributed by atoms with van der Waals surface area (Å²) in [6, 6.07) is 14.6. The summed E-state index contributed by atoms with van der Waals surface area (Å²) in [5, 5.41) is 6.70. The van der Waals surface area contributed by atoms with E-state index in [1.54, 1.807) is 30.5 Å². The highest BCUT2D eigenvalue weighted by atomic mass is 35.5. The number of fused-ring (bicyclic) bond motifs is 3. The third-order valence-electron chi connectivity index (χ3n) is 6.24. The Balaban J connectivity index is 1.37. The van der Waals surface area contributed by atoms with Crippen molar-refractivity contribution in [1.29, 1.82) is 0 Å². The van der Waals surface area contributed by atoms with Gasteiger partial charge in [0.05, 0.1) is 6.04 Å². The molecule has 2 aromatic carbocycles. The molecule has 158 valence electrons. The predicted octanol–water partition coefficient (Wildman–Crippen LogP) is 3.84. The Morgan fingerprint density at radius 3 is 2.61 bits per heavy atom. The van der Waals surface area contributed by atoms with Crippen LogP contribution < -0.4 is 10.6 Å². The topological polar surface area (TPSA) is 76.0 Å². The Kier molecular flexibility index (Phi) is 4.82. The Hall–Kier alpha value is -3.12. The zero-order chi connectivity index (χ0) is 21.6. The Morgan fingerprint density at radius 2 is 1.87 bits per heavy atom. The second kappa shape index (κ2) is 7.54. The number of nitrogens with zero attached hydrogens (tertiary/aromatic N) is 2. The molecule has 2 amide bonds. The van der Waals surface area contributed by atoms with Gasteiger partial charge in [-0.2, -0.15) is 0 Å². The highest BCUT2D eigenvalue weighted by Crippen LogP contribution is 2.38. The third kappa shape index (κ3) is 3.61. The van der Waals surface area contributed by atoms with Crippen LogP contribution in [-0.2, 0) is 11.2 Å². The monoisotopic (exact) mass is 434 g/mol. The van der Waals surface area contributed by atoms with Crippen LogP contribution in [0.15, 0.2) is 60.9 Å². The molecule has 7 heteroatoms. The van der Waals surface area contributed by atoms with Crippen molar-refractivity contribution in [1.82, 2.24) is 20.2 Å². The number of carbonyl (C=O) groups is 2. The molecule has 1 saturated carbocycles. The molecule has 2 aliphatic rings. The van der Waals surface area contributed by atoms with E-state index >= 15 is 0 Å². The second-order valence-corrected chi connectivity index (χ2v) is 8.90. The van der Waals surface area contributed by atoms with Crippen LogP contribution in [-0.4, -0.2) is 26.9 Å². The van der Waals surface area contributed by atoms with Crippen LogP contribution in [0.1, 0.15) is 47.6 Å². The largest absolute Gasteiger partial charge is 0.344 e. The maximum absolute atomic E-state index is 13.3. The van der Waals surface area contributed by atoms with Crippen molar-refractivity contribution in [2.75, 3.05) is 0 Å². The number of nitrogens with one attached hydrogen (secondary N) is 2. The van der Waals surface area contributed by atoms with E-state index in [2.05, 4.69) is 39.2 Å². The van der Waals surface area contributed by atoms with E-state index < -0.39 is 5.54 Å². The molecule has 2 atom stereocenters. The Morgan fingerprint density at radius 1 is 1.13 bits per heavy atom. The van der Waals surface area contributed by atoms with Gasteiger partial charge in [-0.1, -0.05) is 36.7 Å². The van der Waals surface area contributed by atoms with Gasteiger partial charge in [-0.05, 0) is 61.1 Å². The van der Waals surface area contributed by atoms with Crippen molar-refractivity contribution < 1.29 is 9.59 Å². The number of para-hydroxylation sites is 1. The lowest BCUT2D eigenvalue weighted by molar-refractivity contribution is -0.125. The first kappa shape index (κ1) is 19.8. The van der Waals surface area contributed by atoms with E-state index in [0.29, 0.717) is 23.4 Å². The molecule has 0 radical (unpaired) electrons. The fourth-order valence-electron chi connectivity index (χ4n) is 4.30. The van der Waals surface area contributed by atoms with Gasteiger partial charge < -0.3 is 15.2 Å². The lowest BCUT2D eigenvalue weighted by Gasteiger charge is -2.26. The quantitative estimate of drug-likeness (QED) is 0.655. The molecule has 0 spiro atoms. The van der Waals surface area contributed by atoms with E-state index in [4.69, 9.17) is 11.6 Å². The van der Waals surface area contributed by atoms with Gasteiger partial charge >= 0.3 is 0 Å². The van der Waals surface area contributed by atoms with Crippen molar-refractivity contribution in [3.63, 3.8) is 0 Å². The zero-order valence-electron chi connectivity index (χ0n) is 17.1. The maximum Gasteiger partial charge on any atom is 0.252 e. The lowest BCUT2D eigenvalue weighted by atomic mass is 9.94. The van der Waals surface area contributed by atoms with Gasteiger partial charge in [0.25, 0.3) is 5.91 Å². The smallest absolute Gasteiger partial charge is 0.252 e. The molecule has 6 nitrogen and oxygen atoms in total. The number of benzene rings is 2. The Bertz CT molecular complexity index is 1150. The number of aromatic nitrogens is 2. The average molecular weight is 435 g/mol. The maximum atomic E-state index is 13.3. The molecule has 2 heterocycles. The lowest BCUT2D eigenvalue weighted by Crippen LogP contribution is -2.50. The fourth-order valence-corrected chi connectivity index (χ4v) is 4.42. The van der Waals surface area contributed by atoms with Crippen LogP contribution in [0.25, 0.3) is 5.69 Å². The summed E-state index contributed by atoms with van der Waals surface area (Å²) in [5.41, 5.74) is 1.93. The minimum Gasteiger partial charge on any atom is -0.344 e. The molecule has 1 aromatic heterocycles. The molecule has 5 rings (SSSR count). The van der Waals surface area contributed by atoms with Gasteiger partial charge in [0, 0.05) is 28.7 Å². The molecule has 0 saturated heterocycles. The van der Waals surface area contributed by atoms with Crippen LogP contribution in [0.4, 0.5) is 0 Å². The SMILES string of the molecule is CC1Cc2ccccc2-n2ccnc2C1NC(=O)C1(NC(=O)c2ccc(Cl)cc2)CC1. The number of carbonyl (C=O) groups excluding carboxylic acids is 2.